The van der Waals surface area contributed by atoms with Crippen LogP contribution in [0.5, 0.6) is 0 Å². The van der Waals surface area contributed by atoms with Crippen LogP contribution in [-0.2, 0) is 15.6 Å². The van der Waals surface area contributed by atoms with Gasteiger partial charge in [0.1, 0.15) is 0 Å². The predicted octanol–water partition coefficient (Wildman–Crippen LogP) is 6.95. The Labute approximate surface area is 202 Å². The van der Waals surface area contributed by atoms with Crippen LogP contribution in [0.2, 0.25) is 0 Å². The van der Waals surface area contributed by atoms with E-state index in [4.69, 9.17) is 4.74 Å². The number of carbonyl (C=O) groups excluding carboxylic acids is 1. The molecule has 1 aliphatic carbocycles. The standard InChI is InChI=1S/C30H32N2O2/c1-29(2)15-16-30(3,4)26-20-24(13-14-27-31-17-6-18-32-27)23(19-25(26)29)12-9-21-7-10-22(11-8-21)28(33)34-5/h6-14,17-20H,15-16H2,1-5H3. The Hall–Kier alpha value is -3.53. The lowest BCUT2D eigenvalue weighted by molar-refractivity contribution is 0.0600. The summed E-state index contributed by atoms with van der Waals surface area (Å²) in [5.74, 6) is 0.360. The summed E-state index contributed by atoms with van der Waals surface area (Å²) in [7, 11) is 1.39. The third kappa shape index (κ3) is 5.01. The van der Waals surface area contributed by atoms with E-state index in [-0.39, 0.29) is 16.8 Å². The Bertz CT molecular complexity index is 1240. The number of ether oxygens (including phenoxy) is 1. The van der Waals surface area contributed by atoms with Crippen molar-refractivity contribution in [2.75, 3.05) is 7.11 Å². The molecule has 0 N–H and O–H groups in total. The molecule has 0 unspecified atom stereocenters. The Kier molecular flexibility index (Phi) is 6.52. The van der Waals surface area contributed by atoms with Crippen molar-refractivity contribution < 1.29 is 9.53 Å². The van der Waals surface area contributed by atoms with E-state index in [9.17, 15) is 4.79 Å². The third-order valence-corrected chi connectivity index (χ3v) is 6.84. The predicted molar refractivity (Wildman–Crippen MR) is 139 cm³/mol. The number of nitrogens with zero attached hydrogens (tertiary/aromatic N) is 2. The number of hydrogen-bond donors (Lipinski definition) is 0. The van der Waals surface area contributed by atoms with E-state index in [1.54, 1.807) is 24.5 Å². The second kappa shape index (κ2) is 9.38. The molecule has 0 saturated carbocycles. The minimum atomic E-state index is -0.328. The van der Waals surface area contributed by atoms with E-state index in [2.05, 4.69) is 68.0 Å². The summed E-state index contributed by atoms with van der Waals surface area (Å²) < 4.78 is 4.80. The quantitative estimate of drug-likeness (QED) is 0.310. The van der Waals surface area contributed by atoms with Crippen molar-refractivity contribution in [3.8, 4) is 0 Å². The summed E-state index contributed by atoms with van der Waals surface area (Å²) in [5.41, 5.74) is 6.93. The highest BCUT2D eigenvalue weighted by Gasteiger charge is 2.37. The van der Waals surface area contributed by atoms with E-state index in [0.717, 1.165) is 23.1 Å². The SMILES string of the molecule is COC(=O)c1ccc(C=Cc2cc3c(cc2C=Cc2ncccn2)C(C)(C)CCC3(C)C)cc1. The van der Waals surface area contributed by atoms with Crippen molar-refractivity contribution in [3.05, 3.63) is 94.1 Å². The van der Waals surface area contributed by atoms with Gasteiger partial charge in [-0.25, -0.2) is 14.8 Å². The molecule has 4 heteroatoms. The average Bonchev–Trinajstić information content (AvgIpc) is 2.84. The third-order valence-electron chi connectivity index (χ3n) is 6.84. The Morgan fingerprint density at radius 2 is 1.35 bits per heavy atom. The number of carbonyl (C=O) groups is 1. The van der Waals surface area contributed by atoms with Gasteiger partial charge in [-0.1, -0.05) is 70.2 Å². The minimum absolute atomic E-state index is 0.125. The van der Waals surface area contributed by atoms with Crippen LogP contribution in [0.25, 0.3) is 24.3 Å². The van der Waals surface area contributed by atoms with Gasteiger partial charge in [0.25, 0.3) is 0 Å². The fraction of sp³-hybridized carbons (Fsp3) is 0.300. The van der Waals surface area contributed by atoms with Gasteiger partial charge in [0.2, 0.25) is 0 Å². The highest BCUT2D eigenvalue weighted by molar-refractivity contribution is 5.89. The topological polar surface area (TPSA) is 52.1 Å². The fourth-order valence-electron chi connectivity index (χ4n) is 4.53. The Balaban J connectivity index is 1.77. The molecule has 0 radical (unpaired) electrons. The minimum Gasteiger partial charge on any atom is -0.465 e. The first-order valence-corrected chi connectivity index (χ1v) is 11.7. The van der Waals surface area contributed by atoms with E-state index >= 15 is 0 Å². The zero-order valence-electron chi connectivity index (χ0n) is 20.6. The number of aromatic nitrogens is 2. The number of rotatable bonds is 5. The molecule has 4 nitrogen and oxygen atoms in total. The lowest BCUT2D eigenvalue weighted by atomic mass is 9.62. The van der Waals surface area contributed by atoms with Crippen LogP contribution in [-0.4, -0.2) is 23.0 Å². The summed E-state index contributed by atoms with van der Waals surface area (Å²) >= 11 is 0. The van der Waals surface area contributed by atoms with Gasteiger partial charge < -0.3 is 4.74 Å². The van der Waals surface area contributed by atoms with Crippen molar-refractivity contribution in [1.29, 1.82) is 0 Å². The van der Waals surface area contributed by atoms with Crippen LogP contribution in [0.4, 0.5) is 0 Å². The van der Waals surface area contributed by atoms with E-state index in [0.29, 0.717) is 11.4 Å². The lowest BCUT2D eigenvalue weighted by Gasteiger charge is -2.42. The van der Waals surface area contributed by atoms with Crippen molar-refractivity contribution in [2.45, 2.75) is 51.4 Å². The first-order valence-electron chi connectivity index (χ1n) is 11.7. The van der Waals surface area contributed by atoms with E-state index in [1.165, 1.54) is 24.7 Å². The molecule has 0 bridgehead atoms. The van der Waals surface area contributed by atoms with Crippen molar-refractivity contribution >= 4 is 30.3 Å². The first-order chi connectivity index (χ1) is 16.2. The average molecular weight is 453 g/mol. The molecular weight excluding hydrogens is 420 g/mol. The number of hydrogen-bond acceptors (Lipinski definition) is 4. The Morgan fingerprint density at radius 1 is 0.824 bits per heavy atom. The van der Waals surface area contributed by atoms with Crippen molar-refractivity contribution in [3.63, 3.8) is 0 Å². The van der Waals surface area contributed by atoms with Crippen molar-refractivity contribution in [2.24, 2.45) is 0 Å². The zero-order valence-corrected chi connectivity index (χ0v) is 20.6. The van der Waals surface area contributed by atoms with Gasteiger partial charge in [-0.15, -0.1) is 0 Å². The molecular formula is C30H32N2O2. The summed E-state index contributed by atoms with van der Waals surface area (Å²) in [5, 5.41) is 0. The number of benzene rings is 2. The summed E-state index contributed by atoms with van der Waals surface area (Å²) in [6, 6.07) is 14.0. The summed E-state index contributed by atoms with van der Waals surface area (Å²) in [6.45, 7) is 9.36. The largest absolute Gasteiger partial charge is 0.465 e. The van der Waals surface area contributed by atoms with Gasteiger partial charge in [-0.05, 0) is 75.8 Å². The maximum atomic E-state index is 11.7. The summed E-state index contributed by atoms with van der Waals surface area (Å²) in [4.78, 5) is 20.4. The van der Waals surface area contributed by atoms with Gasteiger partial charge in [0, 0.05) is 12.4 Å². The van der Waals surface area contributed by atoms with Crippen LogP contribution in [0.1, 0.15) is 84.5 Å². The number of fused-ring (bicyclic) bond motifs is 1. The van der Waals surface area contributed by atoms with Crippen LogP contribution >= 0.6 is 0 Å². The van der Waals surface area contributed by atoms with Gasteiger partial charge in [-0.2, -0.15) is 0 Å². The van der Waals surface area contributed by atoms with Crippen LogP contribution in [0.3, 0.4) is 0 Å². The van der Waals surface area contributed by atoms with Crippen LogP contribution in [0.15, 0.2) is 54.9 Å². The zero-order chi connectivity index (χ0) is 24.3. The molecule has 4 rings (SSSR count). The highest BCUT2D eigenvalue weighted by Crippen LogP contribution is 2.47. The molecule has 2 aromatic carbocycles. The van der Waals surface area contributed by atoms with E-state index < -0.39 is 0 Å². The maximum absolute atomic E-state index is 11.7. The maximum Gasteiger partial charge on any atom is 0.337 e. The van der Waals surface area contributed by atoms with E-state index in [1.807, 2.05) is 24.3 Å². The molecule has 1 aromatic heterocycles. The van der Waals surface area contributed by atoms with Crippen LogP contribution < -0.4 is 0 Å². The normalized spacial score (nSPS) is 16.5. The van der Waals surface area contributed by atoms with Gasteiger partial charge >= 0.3 is 5.97 Å². The first kappa shape index (κ1) is 23.6. The van der Waals surface area contributed by atoms with Gasteiger partial charge in [0.05, 0.1) is 12.7 Å². The molecule has 0 saturated heterocycles. The molecule has 0 aliphatic heterocycles. The lowest BCUT2D eigenvalue weighted by Crippen LogP contribution is -2.34. The summed E-state index contributed by atoms with van der Waals surface area (Å²) in [6.07, 6.45) is 14.1. The second-order valence-electron chi connectivity index (χ2n) is 10.2. The number of esters is 1. The number of methoxy groups -OCH3 is 1. The van der Waals surface area contributed by atoms with Crippen LogP contribution in [0, 0.1) is 0 Å². The molecule has 174 valence electrons. The van der Waals surface area contributed by atoms with Gasteiger partial charge in [0.15, 0.2) is 5.82 Å². The molecule has 1 aliphatic rings. The molecule has 3 aromatic rings. The smallest absolute Gasteiger partial charge is 0.337 e. The molecule has 0 fully saturated rings. The molecule has 0 amide bonds. The molecule has 0 spiro atoms. The molecule has 34 heavy (non-hydrogen) atoms. The van der Waals surface area contributed by atoms with Crippen molar-refractivity contribution in [1.82, 2.24) is 9.97 Å². The second-order valence-corrected chi connectivity index (χ2v) is 10.2. The molecule has 1 heterocycles. The Morgan fingerprint density at radius 3 is 1.88 bits per heavy atom. The van der Waals surface area contributed by atoms with Gasteiger partial charge in [-0.3, -0.25) is 0 Å². The molecule has 0 atom stereocenters. The fourth-order valence-corrected chi connectivity index (χ4v) is 4.53. The highest BCUT2D eigenvalue weighted by atomic mass is 16.5. The monoisotopic (exact) mass is 452 g/mol.